The highest BCUT2D eigenvalue weighted by atomic mass is 16.2. The summed E-state index contributed by atoms with van der Waals surface area (Å²) in [6, 6.07) is 13.8. The first-order chi connectivity index (χ1) is 14.4. The molecular formula is C22H25N5O3. The van der Waals surface area contributed by atoms with Gasteiger partial charge >= 0.3 is 0 Å². The maximum absolute atomic E-state index is 12.5. The Kier molecular flexibility index (Phi) is 6.58. The van der Waals surface area contributed by atoms with Gasteiger partial charge in [-0.2, -0.15) is 0 Å². The number of benzene rings is 2. The molecule has 0 saturated heterocycles. The highest BCUT2D eigenvalue weighted by molar-refractivity contribution is 5.93. The molecule has 8 nitrogen and oxygen atoms in total. The van der Waals surface area contributed by atoms with Crippen LogP contribution in [0.15, 0.2) is 53.3 Å². The molecule has 0 bridgehead atoms. The Balaban J connectivity index is 1.69. The van der Waals surface area contributed by atoms with E-state index >= 15 is 0 Å². The fraction of sp³-hybridized carbons (Fsp3) is 0.273. The molecule has 0 spiro atoms. The summed E-state index contributed by atoms with van der Waals surface area (Å²) in [5.41, 5.74) is 1.73. The Hall–Kier alpha value is -3.52. The Bertz CT molecular complexity index is 1110. The van der Waals surface area contributed by atoms with Crippen LogP contribution in [0.2, 0.25) is 0 Å². The molecule has 1 heterocycles. The molecule has 3 rings (SSSR count). The second-order valence-corrected chi connectivity index (χ2v) is 7.01. The van der Waals surface area contributed by atoms with Crippen LogP contribution in [-0.2, 0) is 9.59 Å². The third-order valence-corrected chi connectivity index (χ3v) is 4.82. The van der Waals surface area contributed by atoms with Crippen molar-refractivity contribution < 1.29 is 9.59 Å². The molecule has 156 valence electrons. The fourth-order valence-corrected chi connectivity index (χ4v) is 3.22. The zero-order chi connectivity index (χ0) is 21.7. The van der Waals surface area contributed by atoms with E-state index in [0.29, 0.717) is 34.6 Å². The summed E-state index contributed by atoms with van der Waals surface area (Å²) in [5.74, 6) is 0.187. The Morgan fingerprint density at radius 2 is 1.70 bits per heavy atom. The summed E-state index contributed by atoms with van der Waals surface area (Å²) >= 11 is 0. The van der Waals surface area contributed by atoms with Crippen molar-refractivity contribution in [2.45, 2.75) is 26.8 Å². The first-order valence-corrected chi connectivity index (χ1v) is 9.78. The summed E-state index contributed by atoms with van der Waals surface area (Å²) in [7, 11) is 0. The van der Waals surface area contributed by atoms with E-state index < -0.39 is 0 Å². The highest BCUT2D eigenvalue weighted by Crippen LogP contribution is 2.18. The van der Waals surface area contributed by atoms with Gasteiger partial charge in [-0.1, -0.05) is 19.1 Å². The monoisotopic (exact) mass is 407 g/mol. The third-order valence-electron chi connectivity index (χ3n) is 4.82. The molecule has 3 aromatic rings. The van der Waals surface area contributed by atoms with E-state index in [4.69, 9.17) is 0 Å². The minimum absolute atomic E-state index is 0.141. The average molecular weight is 407 g/mol. The lowest BCUT2D eigenvalue weighted by molar-refractivity contribution is -0.118. The maximum atomic E-state index is 12.5. The molecule has 0 unspecified atom stereocenters. The Morgan fingerprint density at radius 1 is 1.07 bits per heavy atom. The topological polar surface area (TPSA) is 107 Å². The zero-order valence-electron chi connectivity index (χ0n) is 17.2. The minimum Gasteiger partial charge on any atom is -0.326 e. The molecule has 3 N–H and O–H groups in total. The van der Waals surface area contributed by atoms with Gasteiger partial charge in [0, 0.05) is 18.3 Å². The van der Waals surface area contributed by atoms with Crippen LogP contribution in [0.4, 0.5) is 11.4 Å². The molecule has 1 aromatic heterocycles. The second-order valence-electron chi connectivity index (χ2n) is 7.01. The van der Waals surface area contributed by atoms with Gasteiger partial charge in [0.25, 0.3) is 5.56 Å². The zero-order valence-corrected chi connectivity index (χ0v) is 17.2. The van der Waals surface area contributed by atoms with E-state index in [2.05, 4.69) is 20.6 Å². The number of fused-ring (bicyclic) bond motifs is 1. The van der Waals surface area contributed by atoms with Gasteiger partial charge in [-0.3, -0.25) is 19.3 Å². The summed E-state index contributed by atoms with van der Waals surface area (Å²) in [5, 5.41) is 6.07. The largest absolute Gasteiger partial charge is 0.326 e. The molecule has 0 aliphatic carbocycles. The van der Waals surface area contributed by atoms with Gasteiger partial charge in [-0.05, 0) is 49.9 Å². The number of amides is 2. The molecule has 30 heavy (non-hydrogen) atoms. The van der Waals surface area contributed by atoms with Crippen LogP contribution in [0.5, 0.6) is 0 Å². The van der Waals surface area contributed by atoms with E-state index in [0.717, 1.165) is 0 Å². The lowest BCUT2D eigenvalue weighted by Crippen LogP contribution is -2.36. The molecule has 0 saturated carbocycles. The van der Waals surface area contributed by atoms with Gasteiger partial charge in [0.05, 0.1) is 23.5 Å². The number of nitrogens with zero attached hydrogens (tertiary/aromatic N) is 2. The summed E-state index contributed by atoms with van der Waals surface area (Å²) in [6.07, 6.45) is 0. The lowest BCUT2D eigenvalue weighted by atomic mass is 10.2. The van der Waals surface area contributed by atoms with Crippen molar-refractivity contribution in [2.75, 3.05) is 23.7 Å². The first-order valence-electron chi connectivity index (χ1n) is 9.78. The van der Waals surface area contributed by atoms with Gasteiger partial charge in [-0.25, -0.2) is 4.98 Å². The number of aromatic nitrogens is 2. The number of hydrogen-bond acceptors (Lipinski definition) is 5. The number of carbonyl (C=O) groups is 2. The van der Waals surface area contributed by atoms with E-state index in [-0.39, 0.29) is 30.0 Å². The van der Waals surface area contributed by atoms with Crippen molar-refractivity contribution >= 4 is 34.1 Å². The number of H-pyrrole nitrogens is 1. The maximum Gasteiger partial charge on any atom is 0.258 e. The third kappa shape index (κ3) is 5.09. The molecule has 2 aromatic carbocycles. The van der Waals surface area contributed by atoms with Crippen LogP contribution in [0.1, 0.15) is 32.6 Å². The predicted octanol–water partition coefficient (Wildman–Crippen LogP) is 2.90. The first kappa shape index (κ1) is 21.2. The molecule has 8 heteroatoms. The quantitative estimate of drug-likeness (QED) is 0.558. The minimum atomic E-state index is -0.250. The van der Waals surface area contributed by atoms with Gasteiger partial charge in [-0.15, -0.1) is 0 Å². The molecule has 0 radical (unpaired) electrons. The number of aromatic amines is 1. The van der Waals surface area contributed by atoms with Gasteiger partial charge in [0.15, 0.2) is 0 Å². The second kappa shape index (κ2) is 9.32. The van der Waals surface area contributed by atoms with Crippen molar-refractivity contribution in [3.63, 3.8) is 0 Å². The van der Waals surface area contributed by atoms with Crippen LogP contribution >= 0.6 is 0 Å². The normalized spacial score (nSPS) is 12.0. The van der Waals surface area contributed by atoms with Crippen molar-refractivity contribution in [2.24, 2.45) is 0 Å². The molecular weight excluding hydrogens is 382 g/mol. The predicted molar refractivity (Wildman–Crippen MR) is 117 cm³/mol. The molecule has 0 fully saturated rings. The Labute approximate surface area is 174 Å². The smallest absolute Gasteiger partial charge is 0.258 e. The van der Waals surface area contributed by atoms with Gasteiger partial charge in [0.1, 0.15) is 5.82 Å². The summed E-state index contributed by atoms with van der Waals surface area (Å²) < 4.78 is 0. The van der Waals surface area contributed by atoms with Crippen LogP contribution < -0.4 is 16.2 Å². The van der Waals surface area contributed by atoms with Crippen LogP contribution in [-0.4, -0.2) is 39.8 Å². The van der Waals surface area contributed by atoms with Crippen molar-refractivity contribution in [1.82, 2.24) is 14.9 Å². The van der Waals surface area contributed by atoms with Crippen LogP contribution in [0.25, 0.3) is 10.9 Å². The van der Waals surface area contributed by atoms with E-state index in [1.165, 1.54) is 6.92 Å². The Morgan fingerprint density at radius 3 is 2.33 bits per heavy atom. The van der Waals surface area contributed by atoms with Crippen molar-refractivity contribution in [1.29, 1.82) is 0 Å². The molecule has 0 aliphatic rings. The number of likely N-dealkylation sites (N-methyl/N-ethyl adjacent to an activating group) is 1. The molecule has 0 aliphatic heterocycles. The number of anilines is 2. The number of hydrogen-bond donors (Lipinski definition) is 3. The summed E-state index contributed by atoms with van der Waals surface area (Å²) in [4.78, 5) is 45.3. The van der Waals surface area contributed by atoms with E-state index in [1.807, 2.05) is 24.8 Å². The van der Waals surface area contributed by atoms with Gasteiger partial charge in [0.2, 0.25) is 11.8 Å². The molecule has 2 amide bonds. The number of carbonyl (C=O) groups excluding carboxylic acids is 2. The SMILES string of the molecule is CCN(CC(=O)Nc1ccc(NC(C)=O)cc1)[C@@H](C)c1nc2ccccc2c(=O)[nH]1. The van der Waals surface area contributed by atoms with E-state index in [1.54, 1.807) is 42.5 Å². The van der Waals surface area contributed by atoms with Crippen LogP contribution in [0.3, 0.4) is 0 Å². The standard InChI is InChI=1S/C22H25N5O3/c1-4-27(13-20(29)24-17-11-9-16(10-12-17)23-15(3)28)14(2)21-25-19-8-6-5-7-18(19)22(30)26-21/h5-12,14H,4,13H2,1-3H3,(H,23,28)(H,24,29)(H,25,26,30)/t14-/m0/s1. The summed E-state index contributed by atoms with van der Waals surface area (Å²) in [6.45, 7) is 6.04. The van der Waals surface area contributed by atoms with E-state index in [9.17, 15) is 14.4 Å². The lowest BCUT2D eigenvalue weighted by Gasteiger charge is -2.26. The number of nitrogens with one attached hydrogen (secondary N) is 3. The molecule has 1 atom stereocenters. The average Bonchev–Trinajstić information content (AvgIpc) is 2.72. The van der Waals surface area contributed by atoms with Crippen LogP contribution in [0, 0.1) is 0 Å². The fourth-order valence-electron chi connectivity index (χ4n) is 3.22. The number of para-hydroxylation sites is 1. The van der Waals surface area contributed by atoms with Crippen molar-refractivity contribution in [3.8, 4) is 0 Å². The van der Waals surface area contributed by atoms with Gasteiger partial charge < -0.3 is 15.6 Å². The highest BCUT2D eigenvalue weighted by Gasteiger charge is 2.20. The van der Waals surface area contributed by atoms with Crippen molar-refractivity contribution in [3.05, 3.63) is 64.7 Å². The number of rotatable bonds is 7.